The monoisotopic (exact) mass is 1050 g/mol. The zero-order valence-corrected chi connectivity index (χ0v) is 40.1. The highest BCUT2D eigenvalue weighted by Crippen LogP contribution is 2.33. The number of benzene rings is 2. The van der Waals surface area contributed by atoms with Crippen molar-refractivity contribution in [2.75, 3.05) is 49.2 Å². The number of sulfonamides is 2. The molecule has 6 rings (SSSR count). The van der Waals surface area contributed by atoms with Gasteiger partial charge in [0.05, 0.1) is 47.0 Å². The van der Waals surface area contributed by atoms with Crippen LogP contribution in [0.4, 0.5) is 38.0 Å². The molecule has 2 fully saturated rings. The smallest absolute Gasteiger partial charge is 0.340 e. The van der Waals surface area contributed by atoms with Crippen LogP contribution in [-0.4, -0.2) is 89.9 Å². The Morgan fingerprint density at radius 2 is 1.10 bits per heavy atom. The van der Waals surface area contributed by atoms with Crippen molar-refractivity contribution in [3.05, 3.63) is 117 Å². The molecule has 18 nitrogen and oxygen atoms in total. The molecule has 2 aliphatic rings. The zero-order chi connectivity index (χ0) is 52.9. The van der Waals surface area contributed by atoms with Crippen LogP contribution in [0, 0.1) is 46.1 Å². The number of nitrogens with zero attached hydrogens (tertiary/aromatic N) is 6. The first-order valence-electron chi connectivity index (χ1n) is 22.0. The molecule has 72 heavy (non-hydrogen) atoms. The SMILES string of the molecule is CCOC(=O)c1cc(C#N)c(N2CCC(C(=O)NS(=O)(=O)Cc3cccc(F)c3)CC2)nc1C(F)F.CCOC(=O)c1cc(C#N)c(N2CCC(C(=O)NS(=O)(=O)Cc3ccccc3F)CC2)nc1C(F)F. The number of nitriles is 2. The second kappa shape index (κ2) is 24.7. The summed E-state index contributed by atoms with van der Waals surface area (Å²) in [6, 6.07) is 16.0. The fourth-order valence-electron chi connectivity index (χ4n) is 7.68. The molecule has 26 heteroatoms. The number of alkyl halides is 4. The van der Waals surface area contributed by atoms with E-state index in [1.165, 1.54) is 60.0 Å². The van der Waals surface area contributed by atoms with Gasteiger partial charge < -0.3 is 19.3 Å². The Balaban J connectivity index is 0.000000267. The van der Waals surface area contributed by atoms with E-state index in [4.69, 9.17) is 9.47 Å². The van der Waals surface area contributed by atoms with Crippen molar-refractivity contribution in [2.45, 2.75) is 63.9 Å². The van der Waals surface area contributed by atoms with Crippen LogP contribution in [0.1, 0.15) is 107 Å². The number of hydrogen-bond acceptors (Lipinski definition) is 16. The lowest BCUT2D eigenvalue weighted by molar-refractivity contribution is -0.124. The van der Waals surface area contributed by atoms with Crippen molar-refractivity contribution in [2.24, 2.45) is 11.8 Å². The summed E-state index contributed by atoms with van der Waals surface area (Å²) in [5.41, 5.74) is -2.75. The highest BCUT2D eigenvalue weighted by molar-refractivity contribution is 7.89. The molecule has 0 bridgehead atoms. The molecular formula is C46H46F6N8O10S2. The van der Waals surface area contributed by atoms with Gasteiger partial charge in [0.15, 0.2) is 0 Å². The largest absolute Gasteiger partial charge is 0.462 e. The van der Waals surface area contributed by atoms with Gasteiger partial charge in [0, 0.05) is 43.6 Å². The Hall–Kier alpha value is -7.32. The summed E-state index contributed by atoms with van der Waals surface area (Å²) in [6.07, 6.45) is -5.56. The minimum Gasteiger partial charge on any atom is -0.462 e. The predicted molar refractivity (Wildman–Crippen MR) is 244 cm³/mol. The molecule has 2 saturated heterocycles. The maximum absolute atomic E-state index is 13.8. The van der Waals surface area contributed by atoms with Crippen LogP contribution in [0.5, 0.6) is 0 Å². The summed E-state index contributed by atoms with van der Waals surface area (Å²) < 4.78 is 144. The fraction of sp³-hybridized carbons (Fsp3) is 0.391. The van der Waals surface area contributed by atoms with Crippen LogP contribution in [0.2, 0.25) is 0 Å². The first kappa shape index (κ1) is 55.6. The van der Waals surface area contributed by atoms with Gasteiger partial charge in [0.2, 0.25) is 31.9 Å². The van der Waals surface area contributed by atoms with E-state index in [-0.39, 0.29) is 99.0 Å². The first-order valence-corrected chi connectivity index (χ1v) is 25.3. The molecule has 2 aromatic heterocycles. The molecule has 4 heterocycles. The number of pyridine rings is 2. The Kier molecular flexibility index (Phi) is 19.1. The van der Waals surface area contributed by atoms with E-state index in [0.717, 1.165) is 24.3 Å². The molecule has 0 spiro atoms. The number of aromatic nitrogens is 2. The van der Waals surface area contributed by atoms with Gasteiger partial charge in [-0.25, -0.2) is 62.7 Å². The van der Waals surface area contributed by atoms with Crippen LogP contribution in [0.3, 0.4) is 0 Å². The molecule has 0 atom stereocenters. The number of carbonyl (C=O) groups excluding carboxylic acids is 4. The lowest BCUT2D eigenvalue weighted by Gasteiger charge is -2.33. The topological polar surface area (TPSA) is 259 Å². The second-order valence-corrected chi connectivity index (χ2v) is 19.5. The van der Waals surface area contributed by atoms with E-state index in [1.807, 2.05) is 21.6 Å². The zero-order valence-electron chi connectivity index (χ0n) is 38.4. The molecule has 0 saturated carbocycles. The van der Waals surface area contributed by atoms with Crippen molar-refractivity contribution in [1.29, 1.82) is 10.5 Å². The van der Waals surface area contributed by atoms with Gasteiger partial charge in [-0.1, -0.05) is 30.3 Å². The minimum absolute atomic E-state index is 0.0430. The van der Waals surface area contributed by atoms with E-state index in [2.05, 4.69) is 9.97 Å². The van der Waals surface area contributed by atoms with Gasteiger partial charge in [-0.05, 0) is 75.4 Å². The van der Waals surface area contributed by atoms with Gasteiger partial charge in [0.1, 0.15) is 46.8 Å². The number of halogens is 6. The van der Waals surface area contributed by atoms with Gasteiger partial charge in [0.25, 0.3) is 12.9 Å². The number of carbonyl (C=O) groups is 4. The van der Waals surface area contributed by atoms with Crippen molar-refractivity contribution in [3.63, 3.8) is 0 Å². The highest BCUT2D eigenvalue weighted by Gasteiger charge is 2.34. The predicted octanol–water partition coefficient (Wildman–Crippen LogP) is 6.14. The molecule has 384 valence electrons. The second-order valence-electron chi connectivity index (χ2n) is 16.0. The number of piperidine rings is 2. The minimum atomic E-state index is -4.15. The van der Waals surface area contributed by atoms with Crippen LogP contribution in [0.15, 0.2) is 60.7 Å². The molecular weight excluding hydrogens is 1000 g/mol. The third-order valence-corrected chi connectivity index (χ3v) is 13.5. The fourth-order valence-corrected chi connectivity index (χ4v) is 10.0. The van der Waals surface area contributed by atoms with E-state index >= 15 is 0 Å². The maximum atomic E-state index is 13.8. The summed E-state index contributed by atoms with van der Waals surface area (Å²) in [5.74, 6) is -7.64. The Bertz CT molecular complexity index is 2980. The van der Waals surface area contributed by atoms with Crippen molar-refractivity contribution in [1.82, 2.24) is 19.4 Å². The van der Waals surface area contributed by atoms with Gasteiger partial charge in [-0.15, -0.1) is 0 Å². The lowest BCUT2D eigenvalue weighted by Crippen LogP contribution is -2.43. The van der Waals surface area contributed by atoms with E-state index in [1.54, 1.807) is 0 Å². The maximum Gasteiger partial charge on any atom is 0.340 e. The average Bonchev–Trinajstić information content (AvgIpc) is 3.33. The third kappa shape index (κ3) is 14.6. The standard InChI is InChI=1S/2C23H23F3N4O5S/c1-2-35-23(32)18-11-16(12-27)21(28-19(18)20(25)26)30-8-6-15(7-9-30)22(31)29-36(33,34)13-14-4-3-5-17(24)10-14;1-2-35-23(32)17-11-16(12-27)21(28-19(17)20(25)26)30-9-7-14(8-10-30)22(31)29-36(33,34)13-15-5-3-4-6-18(15)24/h3-5,10-11,15,20H,2,6-9,13H2,1H3,(H,29,31);3-6,11,14,20H,2,7-10,13H2,1H3,(H,29,31). The normalized spacial score (nSPS) is 14.4. The van der Waals surface area contributed by atoms with E-state index in [9.17, 15) is 72.9 Å². The Morgan fingerprint density at radius 1 is 0.667 bits per heavy atom. The molecule has 0 aliphatic carbocycles. The molecule has 4 aromatic rings. The average molecular weight is 1050 g/mol. The molecule has 2 aliphatic heterocycles. The van der Waals surface area contributed by atoms with Crippen LogP contribution >= 0.6 is 0 Å². The number of esters is 2. The number of nitrogens with one attached hydrogen (secondary N) is 2. The highest BCUT2D eigenvalue weighted by atomic mass is 32.2. The number of hydrogen-bond donors (Lipinski definition) is 2. The van der Waals surface area contributed by atoms with E-state index in [0.29, 0.717) is 0 Å². The lowest BCUT2D eigenvalue weighted by atomic mass is 9.96. The van der Waals surface area contributed by atoms with Crippen molar-refractivity contribution >= 4 is 55.4 Å². The van der Waals surface area contributed by atoms with Gasteiger partial charge in [-0.3, -0.25) is 19.0 Å². The van der Waals surface area contributed by atoms with Crippen LogP contribution < -0.4 is 19.2 Å². The summed E-state index contributed by atoms with van der Waals surface area (Å²) in [4.78, 5) is 60.0. The van der Waals surface area contributed by atoms with Crippen LogP contribution in [-0.2, 0) is 50.6 Å². The molecule has 2 amide bonds. The summed E-state index contributed by atoms with van der Waals surface area (Å²) in [6.45, 7) is 3.44. The van der Waals surface area contributed by atoms with Crippen LogP contribution in [0.25, 0.3) is 0 Å². The Morgan fingerprint density at radius 3 is 1.49 bits per heavy atom. The molecule has 0 radical (unpaired) electrons. The van der Waals surface area contributed by atoms with Gasteiger partial charge >= 0.3 is 11.9 Å². The number of ether oxygens (including phenoxy) is 2. The number of amides is 2. The Labute approximate surface area is 410 Å². The van der Waals surface area contributed by atoms with Crippen molar-refractivity contribution < 1.29 is 71.8 Å². The quantitative estimate of drug-likeness (QED) is 0.0943. The summed E-state index contributed by atoms with van der Waals surface area (Å²) in [7, 11) is -8.22. The van der Waals surface area contributed by atoms with Gasteiger partial charge in [-0.2, -0.15) is 10.5 Å². The summed E-state index contributed by atoms with van der Waals surface area (Å²) in [5, 5.41) is 19.0. The number of anilines is 2. The summed E-state index contributed by atoms with van der Waals surface area (Å²) >= 11 is 0. The molecule has 2 aromatic carbocycles. The first-order chi connectivity index (χ1) is 34.1. The van der Waals surface area contributed by atoms with Crippen molar-refractivity contribution in [3.8, 4) is 12.1 Å². The third-order valence-electron chi connectivity index (χ3n) is 11.1. The number of rotatable bonds is 16. The molecule has 2 N–H and O–H groups in total. The molecule has 0 unspecified atom stereocenters. The van der Waals surface area contributed by atoms with E-state index < -0.39 is 114 Å².